The van der Waals surface area contributed by atoms with Gasteiger partial charge >= 0.3 is 0 Å². The van der Waals surface area contributed by atoms with Gasteiger partial charge in [-0.1, -0.05) is 30.3 Å². The molecule has 1 atom stereocenters. The van der Waals surface area contributed by atoms with Crippen molar-refractivity contribution in [1.82, 2.24) is 0 Å². The van der Waals surface area contributed by atoms with E-state index in [9.17, 15) is 9.59 Å². The van der Waals surface area contributed by atoms with Gasteiger partial charge in [-0.2, -0.15) is 0 Å². The van der Waals surface area contributed by atoms with Gasteiger partial charge in [0.25, 0.3) is 0 Å². The number of hydrogen-bond acceptors (Lipinski definition) is 3. The summed E-state index contributed by atoms with van der Waals surface area (Å²) < 4.78 is 5.65. The van der Waals surface area contributed by atoms with E-state index in [0.29, 0.717) is 6.54 Å². The molecule has 1 aliphatic heterocycles. The molecule has 1 heterocycles. The average molecular weight is 388 g/mol. The third kappa shape index (κ3) is 4.24. The fourth-order valence-corrected chi connectivity index (χ4v) is 3.62. The van der Waals surface area contributed by atoms with Gasteiger partial charge < -0.3 is 15.0 Å². The monoisotopic (exact) mass is 388 g/mol. The Labute approximate surface area is 170 Å². The highest BCUT2D eigenvalue weighted by Crippen LogP contribution is 2.28. The smallest absolute Gasteiger partial charge is 0.229 e. The second-order valence-electron chi connectivity index (χ2n) is 7.62. The number of benzene rings is 3. The van der Waals surface area contributed by atoms with Crippen LogP contribution in [-0.4, -0.2) is 24.5 Å². The Morgan fingerprint density at radius 2 is 1.76 bits per heavy atom. The van der Waals surface area contributed by atoms with Gasteiger partial charge in [-0.05, 0) is 61.0 Å². The van der Waals surface area contributed by atoms with Crippen molar-refractivity contribution in [2.75, 3.05) is 16.8 Å². The maximum absolute atomic E-state index is 12.7. The van der Waals surface area contributed by atoms with E-state index >= 15 is 0 Å². The second kappa shape index (κ2) is 7.95. The van der Waals surface area contributed by atoms with Gasteiger partial charge in [-0.15, -0.1) is 0 Å². The van der Waals surface area contributed by atoms with Crippen LogP contribution in [0, 0.1) is 5.92 Å². The lowest BCUT2D eigenvalue weighted by Crippen LogP contribution is -2.28. The van der Waals surface area contributed by atoms with Crippen molar-refractivity contribution in [2.24, 2.45) is 5.92 Å². The van der Waals surface area contributed by atoms with Gasteiger partial charge in [0.05, 0.1) is 12.0 Å². The van der Waals surface area contributed by atoms with Crippen LogP contribution in [-0.2, 0) is 9.59 Å². The number of hydrogen-bond donors (Lipinski definition) is 1. The van der Waals surface area contributed by atoms with Crippen LogP contribution in [0.1, 0.15) is 20.3 Å². The molecular formula is C24H24N2O3. The predicted molar refractivity (Wildman–Crippen MR) is 115 cm³/mol. The molecule has 0 saturated carbocycles. The molecule has 2 amide bonds. The number of carbonyl (C=O) groups is 2. The van der Waals surface area contributed by atoms with Gasteiger partial charge in [-0.3, -0.25) is 9.59 Å². The first-order chi connectivity index (χ1) is 14.0. The average Bonchev–Trinajstić information content (AvgIpc) is 3.10. The first kappa shape index (κ1) is 19.0. The van der Waals surface area contributed by atoms with Crippen LogP contribution in [0.4, 0.5) is 11.4 Å². The summed E-state index contributed by atoms with van der Waals surface area (Å²) in [7, 11) is 0. The lowest BCUT2D eigenvalue weighted by molar-refractivity contribution is -0.122. The molecule has 3 aromatic rings. The minimum Gasteiger partial charge on any atom is -0.491 e. The van der Waals surface area contributed by atoms with Crippen molar-refractivity contribution < 1.29 is 14.3 Å². The Balaban J connectivity index is 1.43. The normalized spacial score (nSPS) is 16.4. The van der Waals surface area contributed by atoms with E-state index in [0.717, 1.165) is 27.9 Å². The largest absolute Gasteiger partial charge is 0.491 e. The molecule has 5 heteroatoms. The Hall–Kier alpha value is -3.34. The number of anilines is 2. The van der Waals surface area contributed by atoms with E-state index in [1.54, 1.807) is 4.90 Å². The second-order valence-corrected chi connectivity index (χ2v) is 7.62. The highest BCUT2D eigenvalue weighted by Gasteiger charge is 2.35. The summed E-state index contributed by atoms with van der Waals surface area (Å²) in [5.74, 6) is 0.221. The molecule has 1 aliphatic rings. The maximum Gasteiger partial charge on any atom is 0.229 e. The van der Waals surface area contributed by atoms with Crippen molar-refractivity contribution in [2.45, 2.75) is 26.4 Å². The predicted octanol–water partition coefficient (Wildman–Crippen LogP) is 4.62. The number of ether oxygens (including phenoxy) is 1. The van der Waals surface area contributed by atoms with Crippen molar-refractivity contribution in [1.29, 1.82) is 0 Å². The lowest BCUT2D eigenvalue weighted by Gasteiger charge is -2.18. The molecule has 1 N–H and O–H groups in total. The van der Waals surface area contributed by atoms with Gasteiger partial charge in [-0.25, -0.2) is 0 Å². The summed E-state index contributed by atoms with van der Waals surface area (Å²) in [6.45, 7) is 4.32. The van der Waals surface area contributed by atoms with E-state index in [1.807, 2.05) is 80.6 Å². The van der Waals surface area contributed by atoms with Crippen LogP contribution in [0.5, 0.6) is 5.75 Å². The topological polar surface area (TPSA) is 58.6 Å². The van der Waals surface area contributed by atoms with Crippen LogP contribution in [0.2, 0.25) is 0 Å². The first-order valence-electron chi connectivity index (χ1n) is 9.86. The van der Waals surface area contributed by atoms with Crippen LogP contribution in [0.15, 0.2) is 66.7 Å². The zero-order valence-electron chi connectivity index (χ0n) is 16.6. The molecule has 0 radical (unpaired) electrons. The molecule has 1 unspecified atom stereocenters. The van der Waals surface area contributed by atoms with Crippen LogP contribution in [0.3, 0.4) is 0 Å². The molecule has 3 aromatic carbocycles. The Bertz CT molecular complexity index is 1040. The standard InChI is InChI=1S/C24H24N2O3/c1-16(2)29-22-11-9-21(10-12-22)26-15-19(14-23(26)27)24(28)25-20-8-7-17-5-3-4-6-18(17)13-20/h3-13,16,19H,14-15H2,1-2H3,(H,25,28). The SMILES string of the molecule is CC(C)Oc1ccc(N2CC(C(=O)Nc3ccc4ccccc4c3)CC2=O)cc1. The van der Waals surface area contributed by atoms with Crippen molar-refractivity contribution in [3.05, 3.63) is 66.7 Å². The highest BCUT2D eigenvalue weighted by molar-refractivity contribution is 6.04. The summed E-state index contributed by atoms with van der Waals surface area (Å²) in [4.78, 5) is 26.9. The molecule has 0 aromatic heterocycles. The highest BCUT2D eigenvalue weighted by atomic mass is 16.5. The van der Waals surface area contributed by atoms with Crippen LogP contribution in [0.25, 0.3) is 10.8 Å². The maximum atomic E-state index is 12.7. The number of carbonyl (C=O) groups excluding carboxylic acids is 2. The van der Waals surface area contributed by atoms with E-state index in [2.05, 4.69) is 5.32 Å². The molecule has 1 fully saturated rings. The number of amides is 2. The molecule has 0 aliphatic carbocycles. The fourth-order valence-electron chi connectivity index (χ4n) is 3.62. The van der Waals surface area contributed by atoms with Crippen molar-refractivity contribution in [3.63, 3.8) is 0 Å². The summed E-state index contributed by atoms with van der Waals surface area (Å²) >= 11 is 0. The molecule has 1 saturated heterocycles. The summed E-state index contributed by atoms with van der Waals surface area (Å²) in [5, 5.41) is 5.15. The van der Waals surface area contributed by atoms with E-state index < -0.39 is 0 Å². The minimum atomic E-state index is -0.374. The van der Waals surface area contributed by atoms with E-state index in [4.69, 9.17) is 4.74 Å². The third-order valence-electron chi connectivity index (χ3n) is 5.03. The minimum absolute atomic E-state index is 0.0406. The lowest BCUT2D eigenvalue weighted by atomic mass is 10.1. The van der Waals surface area contributed by atoms with Gasteiger partial charge in [0.15, 0.2) is 0 Å². The summed E-state index contributed by atoms with van der Waals surface area (Å²) in [6.07, 6.45) is 0.307. The third-order valence-corrected chi connectivity index (χ3v) is 5.03. The van der Waals surface area contributed by atoms with Gasteiger partial charge in [0.1, 0.15) is 5.75 Å². The molecule has 5 nitrogen and oxygen atoms in total. The van der Waals surface area contributed by atoms with Gasteiger partial charge in [0, 0.05) is 24.3 Å². The van der Waals surface area contributed by atoms with E-state index in [1.165, 1.54) is 0 Å². The number of rotatable bonds is 5. The van der Waals surface area contributed by atoms with E-state index in [-0.39, 0.29) is 30.3 Å². The number of nitrogens with one attached hydrogen (secondary N) is 1. The van der Waals surface area contributed by atoms with Crippen LogP contribution < -0.4 is 15.0 Å². The molecule has 0 bridgehead atoms. The molecule has 148 valence electrons. The first-order valence-corrected chi connectivity index (χ1v) is 9.86. The molecular weight excluding hydrogens is 364 g/mol. The molecule has 29 heavy (non-hydrogen) atoms. The van der Waals surface area contributed by atoms with Crippen LogP contribution >= 0.6 is 0 Å². The Morgan fingerprint density at radius 3 is 2.48 bits per heavy atom. The fraction of sp³-hybridized carbons (Fsp3) is 0.250. The molecule has 0 spiro atoms. The summed E-state index contributed by atoms with van der Waals surface area (Å²) in [5.41, 5.74) is 1.53. The molecule has 4 rings (SSSR count). The zero-order valence-corrected chi connectivity index (χ0v) is 16.6. The quantitative estimate of drug-likeness (QED) is 0.694. The number of fused-ring (bicyclic) bond motifs is 1. The summed E-state index contributed by atoms with van der Waals surface area (Å²) in [6, 6.07) is 21.3. The number of nitrogens with zero attached hydrogens (tertiary/aromatic N) is 1. The van der Waals surface area contributed by atoms with Crippen molar-refractivity contribution in [3.8, 4) is 5.75 Å². The van der Waals surface area contributed by atoms with Gasteiger partial charge in [0.2, 0.25) is 11.8 Å². The Kier molecular flexibility index (Phi) is 5.21. The zero-order chi connectivity index (χ0) is 20.4. The van der Waals surface area contributed by atoms with Crippen molar-refractivity contribution >= 4 is 34.0 Å². The Morgan fingerprint density at radius 1 is 1.03 bits per heavy atom.